The lowest BCUT2D eigenvalue weighted by Gasteiger charge is -2.27. The number of nitrogens with one attached hydrogen (secondary N) is 2. The molecule has 21 heteroatoms. The second-order valence-corrected chi connectivity index (χ2v) is 28.4. The molecule has 1 heterocycles. The maximum absolute atomic E-state index is 13.7. The fraction of sp³-hybridized carbons (Fsp3) is 0.667. The van der Waals surface area contributed by atoms with Crippen LogP contribution in [0, 0.1) is 17.8 Å². The maximum atomic E-state index is 13.7. The number of hydrogen-bond donors (Lipinski definition) is 2. The molecule has 4 atom stereocenters. The molecule has 1 amide bonds. The Kier molecular flexibility index (Phi) is 28.6. The summed E-state index contributed by atoms with van der Waals surface area (Å²) < 4.78 is 80.6. The molecule has 3 aromatic carbocycles. The van der Waals surface area contributed by atoms with Gasteiger partial charge in [0.25, 0.3) is 0 Å². The highest BCUT2D eigenvalue weighted by molar-refractivity contribution is 7.55. The molecule has 3 unspecified atom stereocenters. The first-order valence-corrected chi connectivity index (χ1v) is 34.7. The number of amides is 1. The van der Waals surface area contributed by atoms with Crippen LogP contribution in [0.25, 0.3) is 0 Å². The van der Waals surface area contributed by atoms with Gasteiger partial charge in [-0.15, -0.1) is 0 Å². The number of carbonyl (C=O) groups excluding carboxylic acids is 4. The first kappa shape index (κ1) is 72.7. The molecule has 0 spiro atoms. The maximum Gasteiger partial charge on any atom is 0.477 e. The molecule has 87 heavy (non-hydrogen) atoms. The second-order valence-electron chi connectivity index (χ2n) is 24.8. The largest absolute Gasteiger partial charge is 0.477 e. The van der Waals surface area contributed by atoms with Crippen LogP contribution in [-0.2, 0) is 56.0 Å². The lowest BCUT2D eigenvalue weighted by Crippen LogP contribution is -2.44. The van der Waals surface area contributed by atoms with E-state index in [4.69, 9.17) is 46.5 Å². The van der Waals surface area contributed by atoms with Crippen molar-refractivity contribution in [2.45, 2.75) is 209 Å². The summed E-state index contributed by atoms with van der Waals surface area (Å²) in [5, 5.41) is 5.29. The van der Waals surface area contributed by atoms with Gasteiger partial charge in [0.15, 0.2) is 6.79 Å². The summed E-state index contributed by atoms with van der Waals surface area (Å²) in [5.41, 5.74) is 5.92. The highest BCUT2D eigenvalue weighted by atomic mass is 31.2. The van der Waals surface area contributed by atoms with Crippen LogP contribution in [0.4, 0.5) is 4.79 Å². The number of phosphoric acid groups is 1. The first-order valence-electron chi connectivity index (χ1n) is 31.6. The molecule has 1 saturated heterocycles. The number of likely N-dealkylation sites (tertiary alicyclic amines) is 1. The molecule has 4 fully saturated rings. The van der Waals surface area contributed by atoms with Crippen molar-refractivity contribution < 1.29 is 74.8 Å². The van der Waals surface area contributed by atoms with Gasteiger partial charge in [-0.25, -0.2) is 33.4 Å². The number of para-hydroxylation sites is 3. The average Bonchev–Trinajstić information content (AvgIpc) is 2.08. The lowest BCUT2D eigenvalue weighted by molar-refractivity contribution is -0.155. The summed E-state index contributed by atoms with van der Waals surface area (Å²) in [6.45, 7) is 32.0. The van der Waals surface area contributed by atoms with E-state index in [9.17, 15) is 28.3 Å². The molecule has 0 aromatic heterocycles. The molecule has 19 nitrogen and oxygen atoms in total. The van der Waals surface area contributed by atoms with Crippen LogP contribution in [-0.4, -0.2) is 100 Å². The quantitative estimate of drug-likeness (QED) is 0.0264. The Hall–Kier alpha value is -5.00. The number of carbonyl (C=O) groups is 4. The van der Waals surface area contributed by atoms with Crippen molar-refractivity contribution in [3.63, 3.8) is 0 Å². The minimum absolute atomic E-state index is 0.130. The summed E-state index contributed by atoms with van der Waals surface area (Å²) in [4.78, 5) is 50.3. The van der Waals surface area contributed by atoms with Crippen LogP contribution in [0.1, 0.15) is 231 Å². The Balaban J connectivity index is 0.000000240. The van der Waals surface area contributed by atoms with Gasteiger partial charge in [-0.2, -0.15) is 0 Å². The van der Waals surface area contributed by atoms with E-state index in [1.54, 1.807) is 27.7 Å². The zero-order valence-electron chi connectivity index (χ0n) is 54.9. The molecule has 3 aromatic rings. The second kappa shape index (κ2) is 34.3. The van der Waals surface area contributed by atoms with Crippen LogP contribution < -0.4 is 24.2 Å². The van der Waals surface area contributed by atoms with E-state index in [1.807, 2.05) is 52.8 Å². The number of hydrogen-bond acceptors (Lipinski definition) is 16. The Bertz CT molecular complexity index is 2750. The van der Waals surface area contributed by atoms with Crippen molar-refractivity contribution in [3.8, 4) is 17.2 Å². The molecule has 7 rings (SSSR count). The fourth-order valence-corrected chi connectivity index (χ4v) is 13.0. The minimum atomic E-state index is -3.84. The zero-order valence-corrected chi connectivity index (χ0v) is 56.7. The topological polar surface area (TPSA) is 222 Å². The fourth-order valence-electron chi connectivity index (χ4n) is 10.5. The van der Waals surface area contributed by atoms with Gasteiger partial charge in [-0.05, 0) is 186 Å². The van der Waals surface area contributed by atoms with Gasteiger partial charge in [0.1, 0.15) is 42.0 Å². The number of nitrogens with zero attached hydrogens (tertiary/aromatic N) is 1. The van der Waals surface area contributed by atoms with Gasteiger partial charge in [-0.1, -0.05) is 117 Å². The highest BCUT2D eigenvalue weighted by Gasteiger charge is 2.39. The lowest BCUT2D eigenvalue weighted by atomic mass is 9.90. The Morgan fingerprint density at radius 3 is 1.30 bits per heavy atom. The van der Waals surface area contributed by atoms with Crippen LogP contribution in [0.5, 0.6) is 17.2 Å². The molecule has 1 aliphatic heterocycles. The van der Waals surface area contributed by atoms with Crippen molar-refractivity contribution >= 4 is 39.5 Å². The predicted octanol–water partition coefficient (Wildman–Crippen LogP) is 15.6. The summed E-state index contributed by atoms with van der Waals surface area (Å²) in [6, 6.07) is 17.9. The number of benzene rings is 3. The van der Waals surface area contributed by atoms with Gasteiger partial charge in [0.2, 0.25) is 6.79 Å². The van der Waals surface area contributed by atoms with Crippen LogP contribution >= 0.6 is 15.5 Å². The Morgan fingerprint density at radius 1 is 0.529 bits per heavy atom. The van der Waals surface area contributed by atoms with E-state index < -0.39 is 51.1 Å². The SMILES string of the molecule is CC(C)c1cccc([C@H](C)C2CC2)c1OCOC(=O)C1CCCN1C(=O)OC(C)(C)C.CCOC(=O)CNP(=O)(NCC(=O)OCC)Oc1c(C(C)C)cccc1C(C)C1CC1.CCOP(=O)(OCC)OCOc1c(C(C)C)cccc1C(C)C1CC1. The van der Waals surface area contributed by atoms with Gasteiger partial charge in [-0.3, -0.25) is 23.5 Å². The molecule has 3 aliphatic carbocycles. The molecular weight excluding hydrogens is 1150 g/mol. The average molecular weight is 1260 g/mol. The van der Waals surface area contributed by atoms with E-state index in [-0.39, 0.29) is 64.9 Å². The van der Waals surface area contributed by atoms with E-state index in [1.165, 1.54) is 41.7 Å². The van der Waals surface area contributed by atoms with E-state index in [0.29, 0.717) is 54.2 Å². The minimum Gasteiger partial charge on any atom is -0.466 e. The number of rotatable bonds is 31. The van der Waals surface area contributed by atoms with Gasteiger partial charge in [0, 0.05) is 6.54 Å². The van der Waals surface area contributed by atoms with Crippen LogP contribution in [0.3, 0.4) is 0 Å². The van der Waals surface area contributed by atoms with Crippen molar-refractivity contribution in [2.75, 3.05) is 59.6 Å². The molecule has 0 bridgehead atoms. The monoisotopic (exact) mass is 1260 g/mol. The molecule has 488 valence electrons. The molecule has 0 radical (unpaired) electrons. The third-order valence-corrected chi connectivity index (χ3v) is 19.0. The van der Waals surface area contributed by atoms with E-state index in [2.05, 4.69) is 95.0 Å². The normalized spacial score (nSPS) is 17.1. The van der Waals surface area contributed by atoms with Crippen LogP contribution in [0.2, 0.25) is 0 Å². The van der Waals surface area contributed by atoms with Gasteiger partial charge < -0.3 is 32.9 Å². The first-order chi connectivity index (χ1) is 41.2. The standard InChI is InChI=1S/C25H37NO5.C22H35N2O6P.C19H31O5P/c1-16(2)19-9-7-10-20(17(3)18-12-13-18)22(19)29-15-30-23(27)21-11-8-14-26(21)24(28)31-25(4,5)6;1-6-28-20(25)13-23-31(27,24-14-21(26)29-7-2)30-22-18(15(3)4)9-8-10-19(22)16(5)17-11-12-17;1-6-22-25(20,23-7-2)24-13-21-19-17(14(3)4)9-8-10-18(19)15(5)16-11-12-16/h7,9-10,16-18,21H,8,11-15H2,1-6H3;8-10,15-17H,6-7,11-14H2,1-5H3,(H2,23,24,27);8-10,14-16H,6-7,11-13H2,1-5H3/t17-,21?;;/m1../s1. The number of ether oxygens (including phenoxy) is 6. The van der Waals surface area contributed by atoms with Crippen molar-refractivity contribution in [2.24, 2.45) is 17.8 Å². The Morgan fingerprint density at radius 2 is 0.920 bits per heavy atom. The van der Waals surface area contributed by atoms with Gasteiger partial charge in [0.05, 0.1) is 26.4 Å². The summed E-state index contributed by atoms with van der Waals surface area (Å²) in [5.74, 6) is 4.51. The number of esters is 3. The molecular formula is C66H103N3O16P2. The number of phosphoric ester groups is 1. The van der Waals surface area contributed by atoms with E-state index in [0.717, 1.165) is 58.9 Å². The van der Waals surface area contributed by atoms with Gasteiger partial charge >= 0.3 is 39.5 Å². The molecule has 4 aliphatic rings. The molecule has 3 saturated carbocycles. The predicted molar refractivity (Wildman–Crippen MR) is 338 cm³/mol. The molecule has 2 N–H and O–H groups in total. The van der Waals surface area contributed by atoms with Crippen molar-refractivity contribution in [1.29, 1.82) is 0 Å². The van der Waals surface area contributed by atoms with Crippen molar-refractivity contribution in [3.05, 3.63) is 88.0 Å². The third-order valence-electron chi connectivity index (χ3n) is 15.8. The summed E-state index contributed by atoms with van der Waals surface area (Å²) in [7, 11) is -7.41. The zero-order chi connectivity index (χ0) is 64.2. The summed E-state index contributed by atoms with van der Waals surface area (Å²) in [6.07, 6.45) is 8.22. The smallest absolute Gasteiger partial charge is 0.466 e. The highest BCUT2D eigenvalue weighted by Crippen LogP contribution is 2.52. The summed E-state index contributed by atoms with van der Waals surface area (Å²) >= 11 is 0. The van der Waals surface area contributed by atoms with Crippen molar-refractivity contribution in [1.82, 2.24) is 15.1 Å². The Labute approximate surface area is 519 Å². The third kappa shape index (κ3) is 22.8. The van der Waals surface area contributed by atoms with Crippen LogP contribution in [0.15, 0.2) is 54.6 Å². The van der Waals surface area contributed by atoms with E-state index >= 15 is 0 Å².